The van der Waals surface area contributed by atoms with E-state index >= 15 is 0 Å². The number of aryl methyl sites for hydroxylation is 3. The van der Waals surface area contributed by atoms with Crippen LogP contribution in [-0.2, 0) is 10.8 Å². The molecule has 2 aliphatic carbocycles. The van der Waals surface area contributed by atoms with Crippen LogP contribution in [0.4, 0.5) is 28.4 Å². The molecule has 0 fully saturated rings. The van der Waals surface area contributed by atoms with E-state index in [0.717, 1.165) is 28.4 Å². The normalized spacial score (nSPS) is 14.5. The first-order chi connectivity index (χ1) is 25.4. The summed E-state index contributed by atoms with van der Waals surface area (Å²) < 4.78 is 0. The van der Waals surface area contributed by atoms with E-state index in [1.165, 1.54) is 66.9 Å². The van der Waals surface area contributed by atoms with E-state index < -0.39 is 0 Å². The molecule has 6 aromatic carbocycles. The van der Waals surface area contributed by atoms with Crippen molar-refractivity contribution in [1.82, 2.24) is 0 Å². The molecule has 2 aliphatic rings. The van der Waals surface area contributed by atoms with E-state index in [2.05, 4.69) is 193 Å². The van der Waals surface area contributed by atoms with E-state index in [1.807, 2.05) is 18.2 Å². The number of fused-ring (bicyclic) bond motifs is 7. The maximum absolute atomic E-state index is 4.17. The molecule has 0 heterocycles. The average Bonchev–Trinajstić information content (AvgIpc) is 3.52. The van der Waals surface area contributed by atoms with E-state index in [9.17, 15) is 0 Å². The fraction of sp³-hybridized carbons (Fsp3) is 0.176. The van der Waals surface area contributed by atoms with E-state index in [4.69, 9.17) is 0 Å². The van der Waals surface area contributed by atoms with Crippen LogP contribution in [0.5, 0.6) is 0 Å². The second kappa shape index (κ2) is 12.7. The second-order valence-corrected chi connectivity index (χ2v) is 15.8. The molecule has 0 N–H and O–H groups in total. The minimum absolute atomic E-state index is 0.211. The predicted octanol–water partition coefficient (Wildman–Crippen LogP) is 14.1. The average molecular weight is 689 g/mol. The van der Waals surface area contributed by atoms with Crippen molar-refractivity contribution < 1.29 is 0 Å². The smallest absolute Gasteiger partial charge is 0.0465 e. The van der Waals surface area contributed by atoms with Crippen LogP contribution >= 0.6 is 0 Å². The van der Waals surface area contributed by atoms with Gasteiger partial charge in [0.15, 0.2) is 0 Å². The van der Waals surface area contributed by atoms with Crippen LogP contribution in [0.15, 0.2) is 158 Å². The minimum Gasteiger partial charge on any atom is -0.311 e. The Morgan fingerprint density at radius 3 is 1.28 bits per heavy atom. The lowest BCUT2D eigenvalue weighted by Gasteiger charge is -2.32. The van der Waals surface area contributed by atoms with Gasteiger partial charge in [-0.25, -0.2) is 0 Å². The Bertz CT molecular complexity index is 2390. The summed E-state index contributed by atoms with van der Waals surface area (Å²) in [5.41, 5.74) is 20.9. The molecule has 0 aliphatic heterocycles. The molecule has 0 amide bonds. The summed E-state index contributed by atoms with van der Waals surface area (Å²) in [7, 11) is 0. The highest BCUT2D eigenvalue weighted by atomic mass is 15.1. The van der Waals surface area contributed by atoms with Crippen molar-refractivity contribution in [2.24, 2.45) is 0 Å². The molecule has 0 aromatic heterocycles. The first-order valence-corrected chi connectivity index (χ1v) is 18.7. The Morgan fingerprint density at radius 1 is 0.472 bits per heavy atom. The Morgan fingerprint density at radius 2 is 0.849 bits per heavy atom. The quantitative estimate of drug-likeness (QED) is 0.147. The maximum Gasteiger partial charge on any atom is 0.0465 e. The van der Waals surface area contributed by atoms with Gasteiger partial charge in [-0.2, -0.15) is 0 Å². The minimum atomic E-state index is -0.223. The summed E-state index contributed by atoms with van der Waals surface area (Å²) >= 11 is 0. The third-order valence-electron chi connectivity index (χ3n) is 11.5. The Hall–Kier alpha value is -5.86. The molecule has 262 valence electrons. The third kappa shape index (κ3) is 5.47. The topological polar surface area (TPSA) is 6.48 Å². The molecule has 8 rings (SSSR count). The van der Waals surface area contributed by atoms with Crippen molar-refractivity contribution in [3.05, 3.63) is 197 Å². The van der Waals surface area contributed by atoms with Gasteiger partial charge < -0.3 is 9.80 Å². The highest BCUT2D eigenvalue weighted by molar-refractivity contribution is 5.93. The SMILES string of the molecule is C=C/C=C(\C=C)N(c1ccc(C)cc1)c1ccc2c(c1)C(C)(C)c1c-2ccc2c1C(C)(C)c1cc(N(c3ccc(C)cc3)c3ccc(C)cc3)ccc1-2. The van der Waals surface area contributed by atoms with Gasteiger partial charge in [-0.05, 0) is 138 Å². The zero-order chi connectivity index (χ0) is 37.2. The van der Waals surface area contributed by atoms with Crippen molar-refractivity contribution in [3.63, 3.8) is 0 Å². The van der Waals surface area contributed by atoms with Crippen LogP contribution in [0.2, 0.25) is 0 Å². The van der Waals surface area contributed by atoms with Crippen molar-refractivity contribution in [1.29, 1.82) is 0 Å². The van der Waals surface area contributed by atoms with Gasteiger partial charge in [0.25, 0.3) is 0 Å². The zero-order valence-corrected chi connectivity index (χ0v) is 32.1. The summed E-state index contributed by atoms with van der Waals surface area (Å²) in [5.74, 6) is 0. The molecule has 0 atom stereocenters. The van der Waals surface area contributed by atoms with E-state index in [-0.39, 0.29) is 10.8 Å². The van der Waals surface area contributed by atoms with E-state index in [1.54, 1.807) is 0 Å². The largest absolute Gasteiger partial charge is 0.311 e. The number of hydrogen-bond donors (Lipinski definition) is 0. The highest BCUT2D eigenvalue weighted by Gasteiger charge is 2.46. The molecule has 0 radical (unpaired) electrons. The van der Waals surface area contributed by atoms with Gasteiger partial charge >= 0.3 is 0 Å². The van der Waals surface area contributed by atoms with Crippen LogP contribution in [0, 0.1) is 20.8 Å². The van der Waals surface area contributed by atoms with Gasteiger partial charge in [0.2, 0.25) is 0 Å². The predicted molar refractivity (Wildman–Crippen MR) is 228 cm³/mol. The van der Waals surface area contributed by atoms with Crippen molar-refractivity contribution >= 4 is 28.4 Å². The fourth-order valence-corrected chi connectivity index (χ4v) is 8.80. The molecule has 0 saturated carbocycles. The standard InChI is InChI=1S/C51H48N2/c1-10-12-36(11-2)52(37-19-13-33(3)14-20-37)40-25-27-42-44-29-30-45-43-28-26-41(32-47(43)51(8,9)49(45)48(44)50(6,7)46(42)31-40)53(38-21-15-34(4)16-22-38)39-23-17-35(5)18-24-39/h10-32H,1-2H2,3-9H3/b36-12+. The summed E-state index contributed by atoms with van der Waals surface area (Å²) in [6.07, 6.45) is 5.77. The van der Waals surface area contributed by atoms with Crippen LogP contribution < -0.4 is 9.80 Å². The fourth-order valence-electron chi connectivity index (χ4n) is 8.80. The van der Waals surface area contributed by atoms with Gasteiger partial charge in [0.05, 0.1) is 0 Å². The number of benzene rings is 6. The molecule has 2 nitrogen and oxygen atoms in total. The van der Waals surface area contributed by atoms with Crippen molar-refractivity contribution in [2.45, 2.75) is 59.3 Å². The lowest BCUT2D eigenvalue weighted by atomic mass is 9.72. The number of anilines is 5. The molecule has 53 heavy (non-hydrogen) atoms. The maximum atomic E-state index is 4.17. The van der Waals surface area contributed by atoms with Crippen LogP contribution in [0.25, 0.3) is 22.3 Å². The molecular weight excluding hydrogens is 641 g/mol. The second-order valence-electron chi connectivity index (χ2n) is 15.8. The zero-order valence-electron chi connectivity index (χ0n) is 32.1. The number of rotatable bonds is 8. The lowest BCUT2D eigenvalue weighted by Crippen LogP contribution is -2.24. The molecular formula is C51H48N2. The number of hydrogen-bond acceptors (Lipinski definition) is 2. The summed E-state index contributed by atoms with van der Waals surface area (Å²) in [6, 6.07) is 45.3. The molecule has 6 aromatic rings. The lowest BCUT2D eigenvalue weighted by molar-refractivity contribution is 0.601. The molecule has 0 unspecified atom stereocenters. The summed E-state index contributed by atoms with van der Waals surface area (Å²) in [6.45, 7) is 24.3. The van der Waals surface area contributed by atoms with E-state index in [0.29, 0.717) is 0 Å². The molecule has 0 bridgehead atoms. The van der Waals surface area contributed by atoms with Gasteiger partial charge in [0, 0.05) is 45.0 Å². The van der Waals surface area contributed by atoms with Crippen LogP contribution in [-0.4, -0.2) is 0 Å². The third-order valence-corrected chi connectivity index (χ3v) is 11.5. The number of allylic oxidation sites excluding steroid dienone is 3. The molecule has 0 spiro atoms. The molecule has 2 heteroatoms. The van der Waals surface area contributed by atoms with Gasteiger partial charge in [-0.3, -0.25) is 0 Å². The Balaban J connectivity index is 1.25. The van der Waals surface area contributed by atoms with Crippen molar-refractivity contribution in [2.75, 3.05) is 9.80 Å². The number of nitrogens with zero attached hydrogens (tertiary/aromatic N) is 2. The first-order valence-electron chi connectivity index (χ1n) is 18.7. The monoisotopic (exact) mass is 688 g/mol. The Labute approximate surface area is 316 Å². The van der Waals surface area contributed by atoms with Gasteiger partial charge in [-0.1, -0.05) is 124 Å². The van der Waals surface area contributed by atoms with Gasteiger partial charge in [-0.15, -0.1) is 0 Å². The van der Waals surface area contributed by atoms with Crippen molar-refractivity contribution in [3.8, 4) is 22.3 Å². The first kappa shape index (κ1) is 34.2. The van der Waals surface area contributed by atoms with Gasteiger partial charge in [0.1, 0.15) is 0 Å². The van der Waals surface area contributed by atoms with Crippen LogP contribution in [0.3, 0.4) is 0 Å². The summed E-state index contributed by atoms with van der Waals surface area (Å²) in [5, 5.41) is 0. The highest BCUT2D eigenvalue weighted by Crippen LogP contribution is 2.60. The van der Waals surface area contributed by atoms with Crippen LogP contribution in [0.1, 0.15) is 66.6 Å². The Kier molecular flexibility index (Phi) is 8.19. The summed E-state index contributed by atoms with van der Waals surface area (Å²) in [4.78, 5) is 4.68. The molecule has 0 saturated heterocycles.